The number of nitrogens with zero attached hydrogens (tertiary/aromatic N) is 1. The highest BCUT2D eigenvalue weighted by atomic mass is 16.3. The third-order valence-corrected chi connectivity index (χ3v) is 4.42. The van der Waals surface area contributed by atoms with E-state index in [0.29, 0.717) is 6.54 Å². The van der Waals surface area contributed by atoms with E-state index < -0.39 is 0 Å². The SMILES string of the molecule is C[C@H](c1cccc2ccccc12)N(C)Cc1ccc(O)cc1O. The number of aromatic hydroxyl groups is 2. The summed E-state index contributed by atoms with van der Waals surface area (Å²) in [5, 5.41) is 21.9. The lowest BCUT2D eigenvalue weighted by molar-refractivity contribution is 0.251. The van der Waals surface area contributed by atoms with Gasteiger partial charge in [-0.15, -0.1) is 0 Å². The van der Waals surface area contributed by atoms with Gasteiger partial charge in [-0.1, -0.05) is 48.5 Å². The smallest absolute Gasteiger partial charge is 0.123 e. The Kier molecular flexibility index (Phi) is 4.22. The number of fused-ring (bicyclic) bond motifs is 1. The van der Waals surface area contributed by atoms with Gasteiger partial charge in [0.15, 0.2) is 0 Å². The summed E-state index contributed by atoms with van der Waals surface area (Å²) in [6.45, 7) is 2.77. The molecule has 0 saturated heterocycles. The van der Waals surface area contributed by atoms with Gasteiger partial charge in [0, 0.05) is 24.2 Å². The molecule has 3 heteroatoms. The first-order chi connectivity index (χ1) is 11.1. The van der Waals surface area contributed by atoms with E-state index in [0.717, 1.165) is 5.56 Å². The average molecular weight is 307 g/mol. The van der Waals surface area contributed by atoms with E-state index in [-0.39, 0.29) is 17.5 Å². The number of benzene rings is 3. The first kappa shape index (κ1) is 15.4. The maximum absolute atomic E-state index is 9.98. The molecule has 0 aliphatic carbocycles. The molecule has 0 radical (unpaired) electrons. The van der Waals surface area contributed by atoms with Gasteiger partial charge in [-0.2, -0.15) is 0 Å². The van der Waals surface area contributed by atoms with E-state index in [2.05, 4.69) is 54.3 Å². The number of phenols is 2. The second-order valence-electron chi connectivity index (χ2n) is 5.97. The second kappa shape index (κ2) is 6.31. The summed E-state index contributed by atoms with van der Waals surface area (Å²) in [4.78, 5) is 2.19. The topological polar surface area (TPSA) is 43.7 Å². The van der Waals surface area contributed by atoms with E-state index in [1.807, 2.05) is 7.05 Å². The van der Waals surface area contributed by atoms with E-state index in [4.69, 9.17) is 0 Å². The molecule has 0 amide bonds. The average Bonchev–Trinajstić information content (AvgIpc) is 2.56. The van der Waals surface area contributed by atoms with Crippen molar-refractivity contribution in [2.75, 3.05) is 7.05 Å². The summed E-state index contributed by atoms with van der Waals surface area (Å²) in [7, 11) is 2.04. The van der Waals surface area contributed by atoms with Gasteiger partial charge >= 0.3 is 0 Å². The van der Waals surface area contributed by atoms with Crippen molar-refractivity contribution >= 4 is 10.8 Å². The van der Waals surface area contributed by atoms with Crippen LogP contribution in [0.15, 0.2) is 60.7 Å². The van der Waals surface area contributed by atoms with Crippen molar-refractivity contribution in [3.8, 4) is 11.5 Å². The standard InChI is InChI=1S/C20H21NO2/c1-14(18-9-5-7-15-6-3-4-8-19(15)18)21(2)13-16-10-11-17(22)12-20(16)23/h3-12,14,22-23H,13H2,1-2H3/t14-/m1/s1. The van der Waals surface area contributed by atoms with Gasteiger partial charge in [-0.3, -0.25) is 4.90 Å². The van der Waals surface area contributed by atoms with Gasteiger partial charge in [0.1, 0.15) is 11.5 Å². The number of rotatable bonds is 4. The number of hydrogen-bond acceptors (Lipinski definition) is 3. The zero-order valence-corrected chi connectivity index (χ0v) is 13.4. The highest BCUT2D eigenvalue weighted by Gasteiger charge is 2.16. The molecule has 23 heavy (non-hydrogen) atoms. The Morgan fingerprint density at radius 3 is 2.48 bits per heavy atom. The van der Waals surface area contributed by atoms with Crippen molar-refractivity contribution < 1.29 is 10.2 Å². The summed E-state index contributed by atoms with van der Waals surface area (Å²) in [6.07, 6.45) is 0. The van der Waals surface area contributed by atoms with E-state index in [1.165, 1.54) is 22.4 Å². The van der Waals surface area contributed by atoms with Crippen LogP contribution in [0.5, 0.6) is 11.5 Å². The van der Waals surface area contributed by atoms with E-state index >= 15 is 0 Å². The zero-order valence-electron chi connectivity index (χ0n) is 13.4. The molecule has 0 aliphatic heterocycles. The molecule has 0 fully saturated rings. The summed E-state index contributed by atoms with van der Waals surface area (Å²) >= 11 is 0. The summed E-state index contributed by atoms with van der Waals surface area (Å²) in [6, 6.07) is 19.7. The van der Waals surface area contributed by atoms with Gasteiger partial charge in [-0.05, 0) is 36.4 Å². The van der Waals surface area contributed by atoms with Crippen molar-refractivity contribution in [3.63, 3.8) is 0 Å². The highest BCUT2D eigenvalue weighted by Crippen LogP contribution is 2.30. The molecule has 3 nitrogen and oxygen atoms in total. The molecule has 0 aromatic heterocycles. The first-order valence-corrected chi connectivity index (χ1v) is 7.75. The minimum absolute atomic E-state index is 0.0796. The predicted molar refractivity (Wildman–Crippen MR) is 93.6 cm³/mol. The Hall–Kier alpha value is -2.52. The largest absolute Gasteiger partial charge is 0.508 e. The normalized spacial score (nSPS) is 12.7. The molecule has 0 spiro atoms. The van der Waals surface area contributed by atoms with Crippen LogP contribution in [0.1, 0.15) is 24.1 Å². The van der Waals surface area contributed by atoms with E-state index in [9.17, 15) is 10.2 Å². The lowest BCUT2D eigenvalue weighted by Gasteiger charge is -2.26. The first-order valence-electron chi connectivity index (χ1n) is 7.75. The van der Waals surface area contributed by atoms with Crippen LogP contribution >= 0.6 is 0 Å². The van der Waals surface area contributed by atoms with Crippen molar-refractivity contribution in [3.05, 3.63) is 71.8 Å². The van der Waals surface area contributed by atoms with Crippen LogP contribution in [0.25, 0.3) is 10.8 Å². The van der Waals surface area contributed by atoms with Gasteiger partial charge in [0.05, 0.1) is 0 Å². The van der Waals surface area contributed by atoms with Gasteiger partial charge < -0.3 is 10.2 Å². The summed E-state index contributed by atoms with van der Waals surface area (Å²) in [5.41, 5.74) is 2.07. The van der Waals surface area contributed by atoms with Crippen molar-refractivity contribution in [1.29, 1.82) is 0 Å². The van der Waals surface area contributed by atoms with Crippen LogP contribution in [0, 0.1) is 0 Å². The van der Waals surface area contributed by atoms with Gasteiger partial charge in [0.2, 0.25) is 0 Å². The summed E-state index contributed by atoms with van der Waals surface area (Å²) in [5.74, 6) is 0.206. The lowest BCUT2D eigenvalue weighted by atomic mass is 9.98. The highest BCUT2D eigenvalue weighted by molar-refractivity contribution is 5.86. The molecule has 0 heterocycles. The second-order valence-corrected chi connectivity index (χ2v) is 5.97. The molecule has 0 bridgehead atoms. The Morgan fingerprint density at radius 1 is 0.957 bits per heavy atom. The molecule has 2 N–H and O–H groups in total. The molecule has 3 rings (SSSR count). The molecule has 0 saturated carbocycles. The van der Waals surface area contributed by atoms with Crippen molar-refractivity contribution in [1.82, 2.24) is 4.90 Å². The molecule has 1 atom stereocenters. The molecule has 0 aliphatic rings. The number of phenolic OH excluding ortho intramolecular Hbond substituents is 2. The zero-order chi connectivity index (χ0) is 16.4. The maximum Gasteiger partial charge on any atom is 0.123 e. The molecule has 3 aromatic carbocycles. The van der Waals surface area contributed by atoms with Crippen LogP contribution in [0.2, 0.25) is 0 Å². The quantitative estimate of drug-likeness (QED) is 0.748. The molecule has 118 valence electrons. The molecular weight excluding hydrogens is 286 g/mol. The molecule has 0 unspecified atom stereocenters. The van der Waals surface area contributed by atoms with Gasteiger partial charge in [0.25, 0.3) is 0 Å². The van der Waals surface area contributed by atoms with Crippen molar-refractivity contribution in [2.24, 2.45) is 0 Å². The van der Waals surface area contributed by atoms with Crippen LogP contribution in [0.3, 0.4) is 0 Å². The fourth-order valence-electron chi connectivity index (χ4n) is 2.94. The minimum Gasteiger partial charge on any atom is -0.508 e. The Bertz CT molecular complexity index is 823. The third-order valence-electron chi connectivity index (χ3n) is 4.42. The van der Waals surface area contributed by atoms with Crippen LogP contribution in [-0.4, -0.2) is 22.2 Å². The van der Waals surface area contributed by atoms with Crippen LogP contribution < -0.4 is 0 Å². The fraction of sp³-hybridized carbons (Fsp3) is 0.200. The lowest BCUT2D eigenvalue weighted by Crippen LogP contribution is -2.22. The predicted octanol–water partition coefficient (Wildman–Crippen LogP) is 4.44. The monoisotopic (exact) mass is 307 g/mol. The number of hydrogen-bond donors (Lipinski definition) is 2. The fourth-order valence-corrected chi connectivity index (χ4v) is 2.94. The Morgan fingerprint density at radius 2 is 1.70 bits per heavy atom. The third kappa shape index (κ3) is 3.15. The van der Waals surface area contributed by atoms with Gasteiger partial charge in [-0.25, -0.2) is 0 Å². The summed E-state index contributed by atoms with van der Waals surface area (Å²) < 4.78 is 0. The molecule has 3 aromatic rings. The minimum atomic E-state index is 0.0796. The molecular formula is C20H21NO2. The van der Waals surface area contributed by atoms with E-state index in [1.54, 1.807) is 12.1 Å². The van der Waals surface area contributed by atoms with Crippen LogP contribution in [0.4, 0.5) is 0 Å². The maximum atomic E-state index is 9.98. The Labute approximate surface area is 136 Å². The Balaban J connectivity index is 1.88. The van der Waals surface area contributed by atoms with Crippen molar-refractivity contribution in [2.45, 2.75) is 19.5 Å². The van der Waals surface area contributed by atoms with Crippen LogP contribution in [-0.2, 0) is 6.54 Å².